The van der Waals surface area contributed by atoms with Crippen molar-refractivity contribution in [1.82, 2.24) is 14.9 Å². The average Bonchev–Trinajstić information content (AvgIpc) is 2.80. The number of amides is 1. The van der Waals surface area contributed by atoms with Gasteiger partial charge in [0.1, 0.15) is 11.6 Å². The van der Waals surface area contributed by atoms with Gasteiger partial charge in [0.25, 0.3) is 0 Å². The summed E-state index contributed by atoms with van der Waals surface area (Å²) in [4.78, 5) is 26.9. The number of piperazine rings is 1. The fraction of sp³-hybridized carbons (Fsp3) is 0.261. The Balaban J connectivity index is 1.65. The number of nitrogens with zero attached hydrogens (tertiary/aromatic N) is 5. The third-order valence-electron chi connectivity index (χ3n) is 5.17. The molecule has 1 aliphatic rings. The number of benzene rings is 2. The van der Waals surface area contributed by atoms with Gasteiger partial charge in [0.2, 0.25) is 6.41 Å². The highest BCUT2D eigenvalue weighted by Gasteiger charge is 2.19. The first-order valence-electron chi connectivity index (χ1n) is 9.87. The van der Waals surface area contributed by atoms with Gasteiger partial charge < -0.3 is 14.7 Å². The molecule has 2 aromatic carbocycles. The highest BCUT2D eigenvalue weighted by atomic mass is 16.1. The summed E-state index contributed by atoms with van der Waals surface area (Å²) in [5, 5.41) is 0. The Morgan fingerprint density at radius 3 is 2.24 bits per heavy atom. The Bertz CT molecular complexity index is 940. The third-order valence-corrected chi connectivity index (χ3v) is 5.17. The average molecular weight is 387 g/mol. The lowest BCUT2D eigenvalue weighted by Crippen LogP contribution is -2.46. The van der Waals surface area contributed by atoms with Crippen molar-refractivity contribution in [2.75, 3.05) is 43.0 Å². The molecule has 0 aliphatic carbocycles. The van der Waals surface area contributed by atoms with Crippen LogP contribution in [0.25, 0.3) is 11.4 Å². The van der Waals surface area contributed by atoms with E-state index in [1.165, 1.54) is 5.56 Å². The summed E-state index contributed by atoms with van der Waals surface area (Å²) in [5.41, 5.74) is 2.23. The van der Waals surface area contributed by atoms with Crippen LogP contribution in [-0.4, -0.2) is 54.5 Å². The first-order chi connectivity index (χ1) is 14.2. The minimum atomic E-state index is 0.712. The van der Waals surface area contributed by atoms with Crippen molar-refractivity contribution in [1.29, 1.82) is 0 Å². The van der Waals surface area contributed by atoms with E-state index in [-0.39, 0.29) is 0 Å². The predicted molar refractivity (Wildman–Crippen MR) is 116 cm³/mol. The molecule has 148 valence electrons. The minimum Gasteiger partial charge on any atom is -0.355 e. The highest BCUT2D eigenvalue weighted by Crippen LogP contribution is 2.25. The van der Waals surface area contributed by atoms with E-state index >= 15 is 0 Å². The number of hydrogen-bond acceptors (Lipinski definition) is 5. The molecule has 0 bridgehead atoms. The van der Waals surface area contributed by atoms with Gasteiger partial charge in [-0.2, -0.15) is 0 Å². The van der Waals surface area contributed by atoms with Gasteiger partial charge in [-0.15, -0.1) is 0 Å². The molecule has 0 N–H and O–H groups in total. The molecule has 1 amide bonds. The minimum absolute atomic E-state index is 0.712. The maximum absolute atomic E-state index is 11.0. The van der Waals surface area contributed by atoms with Crippen LogP contribution in [-0.2, 0) is 11.3 Å². The molecular formula is C23H25N5O. The number of hydrogen-bond donors (Lipinski definition) is 0. The van der Waals surface area contributed by atoms with Gasteiger partial charge in [0, 0.05) is 51.4 Å². The summed E-state index contributed by atoms with van der Waals surface area (Å²) >= 11 is 0. The molecule has 6 heteroatoms. The van der Waals surface area contributed by atoms with E-state index in [1.54, 1.807) is 4.90 Å². The molecule has 6 nitrogen and oxygen atoms in total. The number of rotatable bonds is 6. The molecule has 1 aromatic heterocycles. The molecule has 0 saturated carbocycles. The van der Waals surface area contributed by atoms with Crippen LogP contribution in [0.1, 0.15) is 5.56 Å². The van der Waals surface area contributed by atoms with Gasteiger partial charge in [-0.05, 0) is 5.56 Å². The van der Waals surface area contributed by atoms with Crippen LogP contribution in [0.3, 0.4) is 0 Å². The first-order valence-corrected chi connectivity index (χ1v) is 9.87. The zero-order valence-corrected chi connectivity index (χ0v) is 16.6. The summed E-state index contributed by atoms with van der Waals surface area (Å²) in [6, 6.07) is 22.5. The third kappa shape index (κ3) is 4.54. The molecular weight excluding hydrogens is 362 g/mol. The second-order valence-electron chi connectivity index (χ2n) is 7.24. The second kappa shape index (κ2) is 8.73. The van der Waals surface area contributed by atoms with Crippen molar-refractivity contribution in [3.8, 4) is 11.4 Å². The monoisotopic (exact) mass is 387 g/mol. The Morgan fingerprint density at radius 2 is 1.59 bits per heavy atom. The van der Waals surface area contributed by atoms with Crippen LogP contribution in [0, 0.1) is 0 Å². The zero-order chi connectivity index (χ0) is 20.1. The van der Waals surface area contributed by atoms with Crippen molar-refractivity contribution in [2.24, 2.45) is 0 Å². The smallest absolute Gasteiger partial charge is 0.209 e. The summed E-state index contributed by atoms with van der Waals surface area (Å²) < 4.78 is 0. The number of aromatic nitrogens is 2. The summed E-state index contributed by atoms with van der Waals surface area (Å²) in [6.45, 7) is 3.73. The van der Waals surface area contributed by atoms with Gasteiger partial charge in [0.15, 0.2) is 5.82 Å². The normalized spacial score (nSPS) is 14.0. The Kier molecular flexibility index (Phi) is 5.70. The molecule has 2 heterocycles. The largest absolute Gasteiger partial charge is 0.355 e. The molecule has 1 fully saturated rings. The lowest BCUT2D eigenvalue weighted by atomic mass is 10.2. The van der Waals surface area contributed by atoms with Gasteiger partial charge in [0.05, 0.1) is 0 Å². The van der Waals surface area contributed by atoms with Gasteiger partial charge >= 0.3 is 0 Å². The van der Waals surface area contributed by atoms with E-state index < -0.39 is 0 Å². The van der Waals surface area contributed by atoms with E-state index in [9.17, 15) is 4.79 Å². The lowest BCUT2D eigenvalue weighted by Gasteiger charge is -2.34. The SMILES string of the molecule is CN(Cc1ccccc1)c1cc(N2CCN(C=O)CC2)nc(-c2ccccc2)n1. The standard InChI is InChI=1S/C23H25N5O/c1-26(17-19-8-4-2-5-9-19)21-16-22(28-14-12-27(18-29)13-15-28)25-23(24-21)20-10-6-3-7-11-20/h2-11,16,18H,12-15,17H2,1H3. The molecule has 0 spiro atoms. The van der Waals surface area contributed by atoms with Gasteiger partial charge in [-0.1, -0.05) is 60.7 Å². The summed E-state index contributed by atoms with van der Waals surface area (Å²) in [7, 11) is 2.05. The van der Waals surface area contributed by atoms with E-state index in [2.05, 4.69) is 41.1 Å². The van der Waals surface area contributed by atoms with Crippen LogP contribution in [0.2, 0.25) is 0 Å². The molecule has 3 aromatic rings. The van der Waals surface area contributed by atoms with Crippen LogP contribution in [0.5, 0.6) is 0 Å². The quantitative estimate of drug-likeness (QED) is 0.609. The van der Waals surface area contributed by atoms with Crippen molar-refractivity contribution < 1.29 is 4.79 Å². The summed E-state index contributed by atoms with van der Waals surface area (Å²) in [6.07, 6.45) is 0.922. The van der Waals surface area contributed by atoms with Crippen LogP contribution in [0.15, 0.2) is 66.7 Å². The van der Waals surface area contributed by atoms with E-state index in [1.807, 2.05) is 42.5 Å². The Labute approximate surface area is 171 Å². The van der Waals surface area contributed by atoms with Crippen molar-refractivity contribution in [3.63, 3.8) is 0 Å². The van der Waals surface area contributed by atoms with Gasteiger partial charge in [-0.3, -0.25) is 4.79 Å². The highest BCUT2D eigenvalue weighted by molar-refractivity contribution is 5.62. The van der Waals surface area contributed by atoms with Crippen LogP contribution < -0.4 is 9.80 Å². The lowest BCUT2D eigenvalue weighted by molar-refractivity contribution is -0.118. The Hall–Kier alpha value is -3.41. The molecule has 29 heavy (non-hydrogen) atoms. The zero-order valence-electron chi connectivity index (χ0n) is 16.6. The molecule has 0 radical (unpaired) electrons. The van der Waals surface area contributed by atoms with Crippen molar-refractivity contribution >= 4 is 18.0 Å². The molecule has 0 unspecified atom stereocenters. The molecule has 4 rings (SSSR count). The number of carbonyl (C=O) groups excluding carboxylic acids is 1. The maximum Gasteiger partial charge on any atom is 0.209 e. The van der Waals surface area contributed by atoms with Gasteiger partial charge in [-0.25, -0.2) is 9.97 Å². The molecule has 1 aliphatic heterocycles. The van der Waals surface area contributed by atoms with Crippen LogP contribution >= 0.6 is 0 Å². The second-order valence-corrected chi connectivity index (χ2v) is 7.24. The predicted octanol–water partition coefficient (Wildman–Crippen LogP) is 3.06. The molecule has 1 saturated heterocycles. The van der Waals surface area contributed by atoms with Crippen LogP contribution in [0.4, 0.5) is 11.6 Å². The number of anilines is 2. The van der Waals surface area contributed by atoms with Crippen molar-refractivity contribution in [2.45, 2.75) is 6.54 Å². The van der Waals surface area contributed by atoms with Crippen molar-refractivity contribution in [3.05, 3.63) is 72.3 Å². The maximum atomic E-state index is 11.0. The topological polar surface area (TPSA) is 52.6 Å². The first kappa shape index (κ1) is 18.9. The molecule has 0 atom stereocenters. The van der Waals surface area contributed by atoms with E-state index in [0.717, 1.165) is 49.1 Å². The fourth-order valence-electron chi connectivity index (χ4n) is 3.49. The fourth-order valence-corrected chi connectivity index (χ4v) is 3.49. The van der Waals surface area contributed by atoms with E-state index in [0.29, 0.717) is 13.1 Å². The summed E-state index contributed by atoms with van der Waals surface area (Å²) in [5.74, 6) is 2.51. The Morgan fingerprint density at radius 1 is 0.931 bits per heavy atom. The number of carbonyl (C=O) groups is 1. The van der Waals surface area contributed by atoms with E-state index in [4.69, 9.17) is 9.97 Å².